The fourth-order valence-electron chi connectivity index (χ4n) is 1.65. The molecule has 0 aromatic rings. The average molecular weight is 214 g/mol. The molecule has 0 aromatic heterocycles. The summed E-state index contributed by atoms with van der Waals surface area (Å²) in [5.74, 6) is 0.546. The van der Waals surface area contributed by atoms with Crippen molar-refractivity contribution >= 4 is 5.91 Å². The van der Waals surface area contributed by atoms with E-state index in [2.05, 4.69) is 26.2 Å². The molecule has 88 valence electrons. The van der Waals surface area contributed by atoms with Crippen molar-refractivity contribution in [3.8, 4) is 0 Å². The van der Waals surface area contributed by atoms with Crippen LogP contribution in [0.4, 0.5) is 0 Å². The molecule has 0 aliphatic carbocycles. The molecule has 1 saturated heterocycles. The molecule has 1 fully saturated rings. The molecule has 0 aromatic carbocycles. The molecule has 15 heavy (non-hydrogen) atoms. The first-order valence-electron chi connectivity index (χ1n) is 5.61. The number of hydrazine groups is 1. The Hall–Kier alpha value is -0.610. The highest BCUT2D eigenvalue weighted by Gasteiger charge is 2.40. The van der Waals surface area contributed by atoms with E-state index < -0.39 is 0 Å². The fourth-order valence-corrected chi connectivity index (χ4v) is 1.65. The Morgan fingerprint density at radius 3 is 2.53 bits per heavy atom. The summed E-state index contributed by atoms with van der Waals surface area (Å²) in [6, 6.07) is 0. The molecule has 0 radical (unpaired) electrons. The smallest absolute Gasteiger partial charge is 0.238 e. The number of nitrogens with one attached hydrogen (secondary N) is 1. The highest BCUT2D eigenvalue weighted by molar-refractivity contribution is 5.79. The zero-order chi connectivity index (χ0) is 11.6. The van der Waals surface area contributed by atoms with E-state index in [1.165, 1.54) is 0 Å². The van der Waals surface area contributed by atoms with Crippen LogP contribution in [0.1, 0.15) is 40.5 Å². The lowest BCUT2D eigenvalue weighted by Gasteiger charge is -2.29. The van der Waals surface area contributed by atoms with Gasteiger partial charge in [0.05, 0.1) is 6.10 Å². The van der Waals surface area contributed by atoms with E-state index >= 15 is 0 Å². The first kappa shape index (κ1) is 12.5. The van der Waals surface area contributed by atoms with Gasteiger partial charge < -0.3 is 5.11 Å². The maximum Gasteiger partial charge on any atom is 0.238 e. The lowest BCUT2D eigenvalue weighted by molar-refractivity contribution is -0.129. The lowest BCUT2D eigenvalue weighted by Crippen LogP contribution is -2.48. The van der Waals surface area contributed by atoms with Gasteiger partial charge in [0.15, 0.2) is 0 Å². The Morgan fingerprint density at radius 1 is 1.53 bits per heavy atom. The zero-order valence-corrected chi connectivity index (χ0v) is 10.1. The number of rotatable bonds is 4. The number of hydrogen-bond donors (Lipinski definition) is 2. The van der Waals surface area contributed by atoms with Crippen LogP contribution in [0.5, 0.6) is 0 Å². The Balaban J connectivity index is 2.53. The van der Waals surface area contributed by atoms with Gasteiger partial charge in [-0.1, -0.05) is 13.8 Å². The third-order valence-corrected chi connectivity index (χ3v) is 3.25. The van der Waals surface area contributed by atoms with Crippen LogP contribution in [0.3, 0.4) is 0 Å². The first-order valence-corrected chi connectivity index (χ1v) is 5.61. The summed E-state index contributed by atoms with van der Waals surface area (Å²) in [6.45, 7) is 8.61. The van der Waals surface area contributed by atoms with Crippen LogP contribution in [0, 0.1) is 5.92 Å². The van der Waals surface area contributed by atoms with Crippen molar-refractivity contribution < 1.29 is 9.90 Å². The Kier molecular flexibility index (Phi) is 3.73. The molecule has 2 atom stereocenters. The van der Waals surface area contributed by atoms with Gasteiger partial charge in [0.25, 0.3) is 0 Å². The molecular formula is C11H22N2O2. The van der Waals surface area contributed by atoms with Crippen molar-refractivity contribution in [2.24, 2.45) is 5.92 Å². The van der Waals surface area contributed by atoms with Gasteiger partial charge in [-0.05, 0) is 26.2 Å². The minimum atomic E-state index is -0.356. The molecule has 0 spiro atoms. The predicted molar refractivity (Wildman–Crippen MR) is 59.0 cm³/mol. The van der Waals surface area contributed by atoms with Gasteiger partial charge in [0, 0.05) is 18.5 Å². The maximum absolute atomic E-state index is 11.7. The SMILES string of the molecule is CC(O)CCN1NC(C)(C(C)C)CC1=O. The number of aliphatic hydroxyl groups excluding tert-OH is 1. The summed E-state index contributed by atoms with van der Waals surface area (Å²) in [4.78, 5) is 11.7. The molecule has 1 amide bonds. The van der Waals surface area contributed by atoms with Crippen molar-refractivity contribution in [2.75, 3.05) is 6.54 Å². The van der Waals surface area contributed by atoms with E-state index in [0.717, 1.165) is 0 Å². The van der Waals surface area contributed by atoms with Crippen molar-refractivity contribution in [2.45, 2.75) is 52.2 Å². The van der Waals surface area contributed by atoms with Gasteiger partial charge in [-0.25, -0.2) is 5.43 Å². The summed E-state index contributed by atoms with van der Waals surface area (Å²) in [6.07, 6.45) is 0.808. The van der Waals surface area contributed by atoms with E-state index in [1.807, 2.05) is 0 Å². The summed E-state index contributed by atoms with van der Waals surface area (Å²) in [5, 5.41) is 10.8. The lowest BCUT2D eigenvalue weighted by atomic mass is 9.87. The fraction of sp³-hybridized carbons (Fsp3) is 0.909. The second-order valence-electron chi connectivity index (χ2n) is 5.04. The molecular weight excluding hydrogens is 192 g/mol. The minimum absolute atomic E-state index is 0.129. The van der Waals surface area contributed by atoms with E-state index in [0.29, 0.717) is 25.3 Å². The number of nitrogens with zero attached hydrogens (tertiary/aromatic N) is 1. The summed E-state index contributed by atoms with van der Waals surface area (Å²) < 4.78 is 0. The molecule has 1 aliphatic heterocycles. The van der Waals surface area contributed by atoms with Gasteiger partial charge in [-0.3, -0.25) is 9.80 Å². The molecule has 0 bridgehead atoms. The second-order valence-corrected chi connectivity index (χ2v) is 5.04. The van der Waals surface area contributed by atoms with Crippen molar-refractivity contribution in [1.82, 2.24) is 10.4 Å². The van der Waals surface area contributed by atoms with Crippen LogP contribution >= 0.6 is 0 Å². The maximum atomic E-state index is 11.7. The first-order chi connectivity index (χ1) is 6.85. The zero-order valence-electron chi connectivity index (χ0n) is 10.1. The van der Waals surface area contributed by atoms with Gasteiger partial charge in [0.2, 0.25) is 5.91 Å². The van der Waals surface area contributed by atoms with Crippen LogP contribution in [-0.2, 0) is 4.79 Å². The van der Waals surface area contributed by atoms with Crippen molar-refractivity contribution in [1.29, 1.82) is 0 Å². The van der Waals surface area contributed by atoms with Crippen molar-refractivity contribution in [3.63, 3.8) is 0 Å². The van der Waals surface area contributed by atoms with E-state index in [4.69, 9.17) is 0 Å². The van der Waals surface area contributed by atoms with Crippen LogP contribution < -0.4 is 5.43 Å². The standard InChI is InChI=1S/C11H22N2O2/c1-8(2)11(4)7-10(15)13(12-11)6-5-9(3)14/h8-9,12,14H,5-7H2,1-4H3. The van der Waals surface area contributed by atoms with E-state index in [9.17, 15) is 9.90 Å². The molecule has 2 N–H and O–H groups in total. The Bertz CT molecular complexity index is 241. The second kappa shape index (κ2) is 4.49. The number of carbonyl (C=O) groups excluding carboxylic acids is 1. The molecule has 0 saturated carbocycles. The summed E-state index contributed by atoms with van der Waals surface area (Å²) in [7, 11) is 0. The summed E-state index contributed by atoms with van der Waals surface area (Å²) >= 11 is 0. The quantitative estimate of drug-likeness (QED) is 0.731. The largest absolute Gasteiger partial charge is 0.393 e. The van der Waals surface area contributed by atoms with Crippen molar-refractivity contribution in [3.05, 3.63) is 0 Å². The van der Waals surface area contributed by atoms with E-state index in [1.54, 1.807) is 11.9 Å². The van der Waals surface area contributed by atoms with Crippen LogP contribution in [0.2, 0.25) is 0 Å². The Morgan fingerprint density at radius 2 is 2.13 bits per heavy atom. The normalized spacial score (nSPS) is 28.9. The number of carbonyl (C=O) groups is 1. The highest BCUT2D eigenvalue weighted by Crippen LogP contribution is 2.27. The number of aliphatic hydroxyl groups is 1. The molecule has 1 aliphatic rings. The third kappa shape index (κ3) is 2.92. The third-order valence-electron chi connectivity index (χ3n) is 3.25. The number of amides is 1. The van der Waals surface area contributed by atoms with Crippen LogP contribution in [0.15, 0.2) is 0 Å². The van der Waals surface area contributed by atoms with Crippen LogP contribution in [-0.4, -0.2) is 34.2 Å². The molecule has 1 rings (SSSR count). The molecule has 4 heteroatoms. The molecule has 1 heterocycles. The molecule has 4 nitrogen and oxygen atoms in total. The predicted octanol–water partition coefficient (Wildman–Crippen LogP) is 0.909. The monoisotopic (exact) mass is 214 g/mol. The minimum Gasteiger partial charge on any atom is -0.393 e. The number of hydrogen-bond acceptors (Lipinski definition) is 3. The van der Waals surface area contributed by atoms with Gasteiger partial charge in [0.1, 0.15) is 0 Å². The van der Waals surface area contributed by atoms with Crippen LogP contribution in [0.25, 0.3) is 0 Å². The van der Waals surface area contributed by atoms with Gasteiger partial charge >= 0.3 is 0 Å². The summed E-state index contributed by atoms with van der Waals surface area (Å²) in [5.41, 5.74) is 3.12. The van der Waals surface area contributed by atoms with Gasteiger partial charge in [-0.15, -0.1) is 0 Å². The average Bonchev–Trinajstić information content (AvgIpc) is 2.39. The van der Waals surface area contributed by atoms with Gasteiger partial charge in [-0.2, -0.15) is 0 Å². The molecule has 2 unspecified atom stereocenters. The van der Waals surface area contributed by atoms with E-state index in [-0.39, 0.29) is 17.6 Å². The Labute approximate surface area is 91.6 Å². The highest BCUT2D eigenvalue weighted by atomic mass is 16.3. The topological polar surface area (TPSA) is 52.6 Å².